The first-order chi connectivity index (χ1) is 13.9. The molecule has 154 valence electrons. The number of carbonyl (C=O) groups is 3. The zero-order valence-electron chi connectivity index (χ0n) is 16.3. The van der Waals surface area contributed by atoms with Crippen LogP contribution in [-0.2, 0) is 25.5 Å². The molecule has 8 heteroatoms. The van der Waals surface area contributed by atoms with E-state index in [9.17, 15) is 14.4 Å². The quantitative estimate of drug-likeness (QED) is 0.611. The molecule has 0 aromatic heterocycles. The number of nitrogens with one attached hydrogen (secondary N) is 2. The molecule has 2 amide bonds. The number of esters is 1. The number of rotatable bonds is 9. The van der Waals surface area contributed by atoms with Crippen molar-refractivity contribution in [2.24, 2.45) is 0 Å². The van der Waals surface area contributed by atoms with Crippen molar-refractivity contribution in [2.45, 2.75) is 19.8 Å². The molecule has 2 N–H and O–H groups in total. The zero-order valence-corrected chi connectivity index (χ0v) is 17.0. The Hall–Kier alpha value is -3.06. The number of hydrogen-bond donors (Lipinski definition) is 2. The van der Waals surface area contributed by atoms with Crippen molar-refractivity contribution in [3.8, 4) is 5.75 Å². The van der Waals surface area contributed by atoms with Gasteiger partial charge in [-0.25, -0.2) is 0 Å². The second kappa shape index (κ2) is 11.1. The third-order valence-corrected chi connectivity index (χ3v) is 4.39. The Kier molecular flexibility index (Phi) is 8.48. The predicted octanol–water partition coefficient (Wildman–Crippen LogP) is 2.89. The van der Waals surface area contributed by atoms with Crippen molar-refractivity contribution in [1.82, 2.24) is 5.32 Å². The molecule has 0 aliphatic rings. The summed E-state index contributed by atoms with van der Waals surface area (Å²) in [6.45, 7) is 1.49. The average Bonchev–Trinajstić information content (AvgIpc) is 2.69. The Labute approximate surface area is 174 Å². The monoisotopic (exact) mass is 418 g/mol. The van der Waals surface area contributed by atoms with Gasteiger partial charge in [0.1, 0.15) is 5.75 Å². The molecule has 0 saturated heterocycles. The lowest BCUT2D eigenvalue weighted by Crippen LogP contribution is -2.28. The first-order valence-electron chi connectivity index (χ1n) is 8.99. The minimum absolute atomic E-state index is 0.0306. The van der Waals surface area contributed by atoms with Gasteiger partial charge in [-0.15, -0.1) is 0 Å². The van der Waals surface area contributed by atoms with Gasteiger partial charge in [0.05, 0.1) is 25.6 Å². The van der Waals surface area contributed by atoms with Crippen molar-refractivity contribution in [3.63, 3.8) is 0 Å². The van der Waals surface area contributed by atoms with Gasteiger partial charge in [0.15, 0.2) is 6.61 Å². The first kappa shape index (κ1) is 22.2. The number of anilines is 1. The molecule has 0 heterocycles. The molecule has 0 spiro atoms. The van der Waals surface area contributed by atoms with E-state index in [0.29, 0.717) is 16.5 Å². The number of hydrogen-bond acceptors (Lipinski definition) is 5. The second-order valence-electron chi connectivity index (χ2n) is 6.27. The summed E-state index contributed by atoms with van der Waals surface area (Å²) in [6, 6.07) is 12.5. The number of benzene rings is 2. The summed E-state index contributed by atoms with van der Waals surface area (Å²) in [5.74, 6) is -0.876. The normalized spacial score (nSPS) is 10.2. The van der Waals surface area contributed by atoms with Gasteiger partial charge in [-0.05, 0) is 24.1 Å². The van der Waals surface area contributed by atoms with Crippen LogP contribution < -0.4 is 15.4 Å². The summed E-state index contributed by atoms with van der Waals surface area (Å²) in [6.07, 6.45) is 0.206. The summed E-state index contributed by atoms with van der Waals surface area (Å²) in [5.41, 5.74) is 2.09. The highest BCUT2D eigenvalue weighted by molar-refractivity contribution is 6.31. The van der Waals surface area contributed by atoms with E-state index in [0.717, 1.165) is 11.1 Å². The van der Waals surface area contributed by atoms with Crippen LogP contribution >= 0.6 is 11.6 Å². The van der Waals surface area contributed by atoms with Gasteiger partial charge >= 0.3 is 5.97 Å². The van der Waals surface area contributed by atoms with Crippen molar-refractivity contribution >= 4 is 35.1 Å². The minimum atomic E-state index is -0.584. The fourth-order valence-corrected chi connectivity index (χ4v) is 2.64. The van der Waals surface area contributed by atoms with E-state index >= 15 is 0 Å². The molecule has 2 rings (SSSR count). The van der Waals surface area contributed by atoms with E-state index in [1.807, 2.05) is 30.3 Å². The van der Waals surface area contributed by atoms with E-state index < -0.39 is 18.5 Å². The number of ether oxygens (including phenoxy) is 2. The number of halogens is 1. The lowest BCUT2D eigenvalue weighted by molar-refractivity contribution is -0.147. The highest BCUT2D eigenvalue weighted by Crippen LogP contribution is 2.30. The molecule has 0 aliphatic carbocycles. The molecule has 0 saturated carbocycles. The van der Waals surface area contributed by atoms with Gasteiger partial charge in [-0.3, -0.25) is 14.4 Å². The van der Waals surface area contributed by atoms with Crippen LogP contribution in [0.25, 0.3) is 0 Å². The smallest absolute Gasteiger partial charge is 0.308 e. The largest absolute Gasteiger partial charge is 0.495 e. The zero-order chi connectivity index (χ0) is 21.2. The Morgan fingerprint density at radius 2 is 1.79 bits per heavy atom. The van der Waals surface area contributed by atoms with Crippen LogP contribution in [0.2, 0.25) is 5.02 Å². The summed E-state index contributed by atoms with van der Waals surface area (Å²) in [7, 11) is 1.46. The molecule has 2 aromatic rings. The van der Waals surface area contributed by atoms with Gasteiger partial charge in [0, 0.05) is 17.6 Å². The van der Waals surface area contributed by atoms with E-state index in [-0.39, 0.29) is 25.3 Å². The summed E-state index contributed by atoms with van der Waals surface area (Å²) in [5, 5.41) is 5.78. The standard InChI is InChI=1S/C21H23ClN2O5/c1-14-10-17(18(28-2)12-16(14)22)24-20(26)13-29-21(27)8-9-23-19(25)11-15-6-4-3-5-7-15/h3-7,10,12H,8-9,11,13H2,1-2H3,(H,23,25)(H,24,26). The van der Waals surface area contributed by atoms with Crippen molar-refractivity contribution in [3.05, 3.63) is 58.6 Å². The molecule has 0 radical (unpaired) electrons. The van der Waals surface area contributed by atoms with Gasteiger partial charge in [0.2, 0.25) is 5.91 Å². The third-order valence-electron chi connectivity index (χ3n) is 3.98. The topological polar surface area (TPSA) is 93.7 Å². The van der Waals surface area contributed by atoms with E-state index in [1.54, 1.807) is 19.1 Å². The van der Waals surface area contributed by atoms with Crippen LogP contribution in [0.15, 0.2) is 42.5 Å². The average molecular weight is 419 g/mol. The molecule has 0 fully saturated rings. The fraction of sp³-hybridized carbons (Fsp3) is 0.286. The van der Waals surface area contributed by atoms with Crippen LogP contribution in [0, 0.1) is 6.92 Å². The number of amides is 2. The number of carbonyl (C=O) groups excluding carboxylic acids is 3. The van der Waals surface area contributed by atoms with Crippen LogP contribution in [0.4, 0.5) is 5.69 Å². The van der Waals surface area contributed by atoms with Crippen LogP contribution in [0.3, 0.4) is 0 Å². The van der Waals surface area contributed by atoms with Crippen molar-refractivity contribution in [2.75, 3.05) is 25.6 Å². The fourth-order valence-electron chi connectivity index (χ4n) is 2.48. The highest BCUT2D eigenvalue weighted by Gasteiger charge is 2.13. The van der Waals surface area contributed by atoms with Crippen molar-refractivity contribution in [1.29, 1.82) is 0 Å². The Balaban J connectivity index is 1.70. The molecule has 0 atom stereocenters. The van der Waals surface area contributed by atoms with Crippen LogP contribution in [0.1, 0.15) is 17.5 Å². The summed E-state index contributed by atoms with van der Waals surface area (Å²) in [4.78, 5) is 35.6. The number of methoxy groups -OCH3 is 1. The Bertz CT molecular complexity index is 871. The molecule has 0 unspecified atom stereocenters. The Morgan fingerprint density at radius 3 is 2.48 bits per heavy atom. The van der Waals surface area contributed by atoms with Gasteiger partial charge in [-0.2, -0.15) is 0 Å². The molecular formula is C21H23ClN2O5. The predicted molar refractivity (Wildman–Crippen MR) is 110 cm³/mol. The lowest BCUT2D eigenvalue weighted by Gasteiger charge is -2.12. The minimum Gasteiger partial charge on any atom is -0.495 e. The number of aryl methyl sites for hydroxylation is 1. The highest BCUT2D eigenvalue weighted by atomic mass is 35.5. The molecule has 0 bridgehead atoms. The van der Waals surface area contributed by atoms with E-state index in [1.165, 1.54) is 7.11 Å². The second-order valence-corrected chi connectivity index (χ2v) is 6.68. The maximum absolute atomic E-state index is 12.0. The molecule has 0 aliphatic heterocycles. The molecular weight excluding hydrogens is 396 g/mol. The molecule has 29 heavy (non-hydrogen) atoms. The Morgan fingerprint density at radius 1 is 1.07 bits per heavy atom. The van der Waals surface area contributed by atoms with Gasteiger partial charge < -0.3 is 20.1 Å². The first-order valence-corrected chi connectivity index (χ1v) is 9.37. The summed E-state index contributed by atoms with van der Waals surface area (Å²) >= 11 is 6.03. The van der Waals surface area contributed by atoms with Gasteiger partial charge in [0.25, 0.3) is 5.91 Å². The lowest BCUT2D eigenvalue weighted by atomic mass is 10.1. The van der Waals surface area contributed by atoms with Crippen LogP contribution in [0.5, 0.6) is 5.75 Å². The SMILES string of the molecule is COc1cc(Cl)c(C)cc1NC(=O)COC(=O)CCNC(=O)Cc1ccccc1. The van der Waals surface area contributed by atoms with E-state index in [2.05, 4.69) is 10.6 Å². The molecule has 7 nitrogen and oxygen atoms in total. The van der Waals surface area contributed by atoms with Gasteiger partial charge in [-0.1, -0.05) is 41.9 Å². The third kappa shape index (κ3) is 7.46. The van der Waals surface area contributed by atoms with E-state index in [4.69, 9.17) is 21.1 Å². The van der Waals surface area contributed by atoms with Crippen molar-refractivity contribution < 1.29 is 23.9 Å². The summed E-state index contributed by atoms with van der Waals surface area (Å²) < 4.78 is 10.1. The van der Waals surface area contributed by atoms with Crippen LogP contribution in [-0.4, -0.2) is 38.0 Å². The maximum Gasteiger partial charge on any atom is 0.308 e. The maximum atomic E-state index is 12.0. The molecule has 2 aromatic carbocycles.